The molecule has 1 atom stereocenters. The van der Waals surface area contributed by atoms with Gasteiger partial charge in [0.15, 0.2) is 0 Å². The fourth-order valence-electron chi connectivity index (χ4n) is 2.13. The maximum absolute atomic E-state index is 2.39. The third-order valence-corrected chi connectivity index (χ3v) is 5.34. The van der Waals surface area contributed by atoms with E-state index in [9.17, 15) is 0 Å². The molecule has 0 spiro atoms. The van der Waals surface area contributed by atoms with Crippen LogP contribution in [0.25, 0.3) is 6.08 Å². The van der Waals surface area contributed by atoms with Crippen LogP contribution in [0.2, 0.25) is 0 Å². The van der Waals surface area contributed by atoms with Crippen LogP contribution in [0.15, 0.2) is 52.4 Å². The summed E-state index contributed by atoms with van der Waals surface area (Å²) in [6.45, 7) is 0. The summed E-state index contributed by atoms with van der Waals surface area (Å²) in [7, 11) is 0. The van der Waals surface area contributed by atoms with E-state index in [2.05, 4.69) is 54.6 Å². The summed E-state index contributed by atoms with van der Waals surface area (Å²) in [6, 6.07) is 8.79. The number of fused-ring (bicyclic) bond motifs is 1. The molecule has 15 heavy (non-hydrogen) atoms. The van der Waals surface area contributed by atoms with E-state index in [1.807, 2.05) is 0 Å². The minimum atomic E-state index is -0.00130. The van der Waals surface area contributed by atoms with Gasteiger partial charge < -0.3 is 2.85 Å². The number of hydrogen-bond donors (Lipinski definition) is 0. The molecule has 3 rings (SSSR count). The topological polar surface area (TPSA) is 0 Å². The van der Waals surface area contributed by atoms with E-state index in [4.69, 9.17) is 0 Å². The van der Waals surface area contributed by atoms with E-state index in [1.54, 1.807) is 9.44 Å². The van der Waals surface area contributed by atoms with Crippen LogP contribution in [0, 0.1) is 0 Å². The van der Waals surface area contributed by atoms with E-state index in [0.717, 1.165) is 4.22 Å². The molecule has 0 bridgehead atoms. The van der Waals surface area contributed by atoms with Crippen molar-refractivity contribution in [3.63, 3.8) is 0 Å². The van der Waals surface area contributed by atoms with Crippen molar-refractivity contribution in [3.8, 4) is 0 Å². The zero-order valence-electron chi connectivity index (χ0n) is 10.5. The molecular weight excluding hydrogens is 216 g/mol. The van der Waals surface area contributed by atoms with Gasteiger partial charge in [-0.2, -0.15) is 0 Å². The molecule has 0 N–H and O–H groups in total. The molecule has 0 aliphatic heterocycles. The first kappa shape index (κ1) is 9.39. The minimum absolute atomic E-state index is 0. The first-order valence-corrected chi connectivity index (χ1v) is 7.01. The van der Waals surface area contributed by atoms with Gasteiger partial charge in [-0.3, -0.25) is 0 Å². The molecule has 74 valence electrons. The quantitative estimate of drug-likeness (QED) is 0.676. The first-order chi connectivity index (χ1) is 7.43. The number of allylic oxidation sites excluding steroid dienone is 5. The average Bonchev–Trinajstić information content (AvgIpc) is 2.89. The summed E-state index contributed by atoms with van der Waals surface area (Å²) in [6.07, 6.45) is 12.7. The summed E-state index contributed by atoms with van der Waals surface area (Å²) in [5.41, 5.74) is 2.98. The second kappa shape index (κ2) is 3.96. The van der Waals surface area contributed by atoms with Gasteiger partial charge in [0.1, 0.15) is 0 Å². The molecule has 0 radical (unpaired) electrons. The van der Waals surface area contributed by atoms with E-state index in [0.29, 0.717) is 0 Å². The molecule has 1 aromatic carbocycles. The largest absolute Gasteiger partial charge is 1.00 e. The van der Waals surface area contributed by atoms with Crippen molar-refractivity contribution < 1.29 is 22.0 Å². The summed E-state index contributed by atoms with van der Waals surface area (Å²) >= 11 is -0.00130. The minimum Gasteiger partial charge on any atom is -1.00 e. The Kier molecular flexibility index (Phi) is 2.48. The van der Waals surface area contributed by atoms with Gasteiger partial charge in [-0.05, 0) is 0 Å². The Morgan fingerprint density at radius 2 is 2.20 bits per heavy atom. The van der Waals surface area contributed by atoms with Gasteiger partial charge in [0.05, 0.1) is 0 Å². The zero-order valence-corrected chi connectivity index (χ0v) is 10.0. The van der Waals surface area contributed by atoms with Crippen LogP contribution < -0.4 is 0 Å². The van der Waals surface area contributed by atoms with Crippen LogP contribution in [0.5, 0.6) is 0 Å². The van der Waals surface area contributed by atoms with E-state index in [-0.39, 0.29) is 22.0 Å². The molecule has 0 fully saturated rings. The molecular formula is C14H14Ti. The molecule has 1 aromatic rings. The molecule has 0 aromatic heterocycles. The first-order valence-electron chi connectivity index (χ1n) is 5.33. The Morgan fingerprint density at radius 3 is 3.07 bits per heavy atom. The molecule has 2 aliphatic carbocycles. The van der Waals surface area contributed by atoms with Gasteiger partial charge >= 0.3 is 99.4 Å². The fourth-order valence-corrected chi connectivity index (χ4v) is 4.38. The molecule has 2 aliphatic rings. The van der Waals surface area contributed by atoms with Crippen LogP contribution in [-0.4, -0.2) is 0 Å². The van der Waals surface area contributed by atoms with Crippen molar-refractivity contribution >= 4 is 6.08 Å². The van der Waals surface area contributed by atoms with Crippen LogP contribution in [0.3, 0.4) is 0 Å². The van der Waals surface area contributed by atoms with Gasteiger partial charge in [-0.1, -0.05) is 0 Å². The molecule has 1 heteroatoms. The molecule has 0 saturated carbocycles. The number of hydrogen-bond acceptors (Lipinski definition) is 0. The van der Waals surface area contributed by atoms with Gasteiger partial charge in [0, 0.05) is 0 Å². The van der Waals surface area contributed by atoms with Crippen molar-refractivity contribution in [2.45, 2.75) is 10.6 Å². The smallest absolute Gasteiger partial charge is 1.00 e. The molecule has 0 nitrogen and oxygen atoms in total. The van der Waals surface area contributed by atoms with Crippen molar-refractivity contribution in [2.75, 3.05) is 0 Å². The van der Waals surface area contributed by atoms with E-state index in [1.165, 1.54) is 12.0 Å². The van der Waals surface area contributed by atoms with Gasteiger partial charge in [-0.15, -0.1) is 0 Å². The summed E-state index contributed by atoms with van der Waals surface area (Å²) < 4.78 is 2.41. The maximum Gasteiger partial charge on any atom is -1.00 e. The zero-order chi connectivity index (χ0) is 10.1. The molecule has 0 amide bonds. The molecule has 1 unspecified atom stereocenters. The van der Waals surface area contributed by atoms with Gasteiger partial charge in [0.25, 0.3) is 0 Å². The summed E-state index contributed by atoms with van der Waals surface area (Å²) in [5, 5.41) is 0. The summed E-state index contributed by atoms with van der Waals surface area (Å²) in [5.74, 6) is 0. The Hall–Kier alpha value is -0.846. The van der Waals surface area contributed by atoms with Crippen LogP contribution in [-0.2, 0) is 19.2 Å². The average molecular weight is 230 g/mol. The second-order valence-corrected chi connectivity index (χ2v) is 6.36. The van der Waals surface area contributed by atoms with Crippen LogP contribution in [0.4, 0.5) is 0 Å². The molecule has 0 heterocycles. The second-order valence-electron chi connectivity index (χ2n) is 3.93. The normalized spacial score (nSPS) is 21.3. The predicted molar refractivity (Wildman–Crippen MR) is 62.3 cm³/mol. The van der Waals surface area contributed by atoms with Gasteiger partial charge in [-0.25, -0.2) is 0 Å². The van der Waals surface area contributed by atoms with Gasteiger partial charge in [0.2, 0.25) is 0 Å². The van der Waals surface area contributed by atoms with Crippen molar-refractivity contribution in [3.05, 3.63) is 63.6 Å². The summed E-state index contributed by atoms with van der Waals surface area (Å²) in [4.78, 5) is 0. The van der Waals surface area contributed by atoms with Crippen molar-refractivity contribution in [2.24, 2.45) is 0 Å². The number of benzene rings is 1. The van der Waals surface area contributed by atoms with E-state index >= 15 is 0 Å². The molecule has 0 saturated heterocycles. The van der Waals surface area contributed by atoms with Crippen molar-refractivity contribution in [1.29, 1.82) is 0 Å². The Balaban J connectivity index is 0.000000722. The SMILES string of the molecule is C1=CC[C]([Ti+2][CH]2C=Cc3ccccc32)=C1.[H-].[H-]. The fraction of sp³-hybridized carbons (Fsp3) is 0.143. The Morgan fingerprint density at radius 1 is 1.27 bits per heavy atom. The van der Waals surface area contributed by atoms with Crippen LogP contribution in [0.1, 0.15) is 24.6 Å². The Bertz CT molecular complexity index is 475. The Labute approximate surface area is 102 Å². The van der Waals surface area contributed by atoms with Crippen LogP contribution >= 0.6 is 0 Å². The third kappa shape index (κ3) is 1.80. The monoisotopic (exact) mass is 230 g/mol. The predicted octanol–water partition coefficient (Wildman–Crippen LogP) is 3.91. The van der Waals surface area contributed by atoms with Crippen molar-refractivity contribution in [1.82, 2.24) is 0 Å². The maximum atomic E-state index is 2.39. The standard InChI is InChI=1S/C9H7.C5H5.Ti.2H/c1-2-5-9-7-3-6-8(9)4-1;1-2-4-5-3-1;;;/h1-7H;1-3H,4H2;;;/q;;+2;2*-1. The number of rotatable bonds is 2. The third-order valence-electron chi connectivity index (χ3n) is 2.91. The van der Waals surface area contributed by atoms with E-state index < -0.39 is 0 Å².